The molecular weight excluding hydrogens is 643 g/mol. The minimum atomic E-state index is -4.21. The molecule has 4 rings (SSSR count). The van der Waals surface area contributed by atoms with Crippen molar-refractivity contribution in [3.63, 3.8) is 0 Å². The van der Waals surface area contributed by atoms with E-state index in [0.29, 0.717) is 18.0 Å². The summed E-state index contributed by atoms with van der Waals surface area (Å²) < 4.78 is 35.4. The first kappa shape index (κ1) is 36.6. The van der Waals surface area contributed by atoms with E-state index >= 15 is 0 Å². The standard InChI is InChI=1S/C38H45N3O5S2/c1-7-46-32-18-16-31(17-19-32)41(48(44,45)34-22-20-33(47-6)21-23-34)27-36(42)40(26-30-15-11-12-28(2)24-30)35(37(43)39-38(3,4)5)25-29-13-9-8-10-14-29/h8-24,35H,7,25-27H2,1-6H3,(H,39,43). The molecule has 0 fully saturated rings. The predicted molar refractivity (Wildman–Crippen MR) is 194 cm³/mol. The van der Waals surface area contributed by atoms with Gasteiger partial charge in [-0.15, -0.1) is 11.8 Å². The second kappa shape index (κ2) is 16.2. The third kappa shape index (κ3) is 9.87. The van der Waals surface area contributed by atoms with Crippen LogP contribution in [0.5, 0.6) is 5.75 Å². The molecule has 0 aromatic heterocycles. The Balaban J connectivity index is 1.82. The number of hydrogen-bond donors (Lipinski definition) is 1. The Kier molecular flexibility index (Phi) is 12.3. The molecule has 0 spiro atoms. The van der Waals surface area contributed by atoms with Crippen LogP contribution >= 0.6 is 11.8 Å². The summed E-state index contributed by atoms with van der Waals surface area (Å²) in [7, 11) is -4.21. The molecule has 1 N–H and O–H groups in total. The van der Waals surface area contributed by atoms with E-state index in [1.54, 1.807) is 48.5 Å². The summed E-state index contributed by atoms with van der Waals surface area (Å²) in [4.78, 5) is 31.2. The summed E-state index contributed by atoms with van der Waals surface area (Å²) in [6.07, 6.45) is 2.16. The maximum absolute atomic E-state index is 14.7. The van der Waals surface area contributed by atoms with E-state index in [4.69, 9.17) is 4.74 Å². The number of rotatable bonds is 14. The van der Waals surface area contributed by atoms with Gasteiger partial charge in [-0.1, -0.05) is 60.2 Å². The Bertz CT molecular complexity index is 1770. The lowest BCUT2D eigenvalue weighted by Crippen LogP contribution is -2.56. The molecule has 1 atom stereocenters. The van der Waals surface area contributed by atoms with Crippen LogP contribution in [0.2, 0.25) is 0 Å². The highest BCUT2D eigenvalue weighted by Crippen LogP contribution is 2.28. The highest BCUT2D eigenvalue weighted by Gasteiger charge is 2.35. The van der Waals surface area contributed by atoms with Crippen LogP contribution in [0.1, 0.15) is 44.4 Å². The van der Waals surface area contributed by atoms with Gasteiger partial charge in [0.15, 0.2) is 0 Å². The molecule has 0 radical (unpaired) electrons. The van der Waals surface area contributed by atoms with Crippen LogP contribution in [-0.2, 0) is 32.6 Å². The number of carbonyl (C=O) groups is 2. The highest BCUT2D eigenvalue weighted by molar-refractivity contribution is 7.98. The van der Waals surface area contributed by atoms with Gasteiger partial charge in [0.25, 0.3) is 10.0 Å². The van der Waals surface area contributed by atoms with Crippen molar-refractivity contribution in [1.29, 1.82) is 0 Å². The Morgan fingerprint density at radius 1 is 0.875 bits per heavy atom. The summed E-state index contributed by atoms with van der Waals surface area (Å²) in [5.74, 6) is -0.257. The van der Waals surface area contributed by atoms with Crippen LogP contribution in [-0.4, -0.2) is 56.1 Å². The molecule has 0 aliphatic heterocycles. The maximum Gasteiger partial charge on any atom is 0.264 e. The molecule has 0 aliphatic carbocycles. The van der Waals surface area contributed by atoms with E-state index in [1.165, 1.54) is 16.7 Å². The summed E-state index contributed by atoms with van der Waals surface area (Å²) in [5, 5.41) is 3.06. The van der Waals surface area contributed by atoms with E-state index in [0.717, 1.165) is 25.9 Å². The van der Waals surface area contributed by atoms with Crippen LogP contribution < -0.4 is 14.4 Å². The van der Waals surface area contributed by atoms with Crippen molar-refractivity contribution >= 4 is 39.3 Å². The smallest absolute Gasteiger partial charge is 0.264 e. The second-order valence-electron chi connectivity index (χ2n) is 12.6. The van der Waals surface area contributed by atoms with Crippen LogP contribution in [0.15, 0.2) is 113 Å². The predicted octanol–water partition coefficient (Wildman–Crippen LogP) is 6.87. The van der Waals surface area contributed by atoms with Crippen molar-refractivity contribution in [1.82, 2.24) is 10.2 Å². The molecular formula is C38H45N3O5S2. The number of aryl methyl sites for hydroxylation is 1. The van der Waals surface area contributed by atoms with Gasteiger partial charge in [-0.05, 0) is 101 Å². The molecule has 0 heterocycles. The van der Waals surface area contributed by atoms with Gasteiger partial charge in [0.2, 0.25) is 11.8 Å². The lowest BCUT2D eigenvalue weighted by molar-refractivity contribution is -0.140. The number of sulfonamides is 1. The second-order valence-corrected chi connectivity index (χ2v) is 15.3. The fraction of sp³-hybridized carbons (Fsp3) is 0.316. The Morgan fingerprint density at radius 2 is 1.52 bits per heavy atom. The zero-order chi connectivity index (χ0) is 34.9. The molecule has 2 amide bonds. The van der Waals surface area contributed by atoms with Gasteiger partial charge in [0.1, 0.15) is 18.3 Å². The Hall–Kier alpha value is -4.28. The summed E-state index contributed by atoms with van der Waals surface area (Å²) in [6.45, 7) is 9.53. The number of benzene rings is 4. The number of ether oxygens (including phenoxy) is 1. The van der Waals surface area contributed by atoms with Crippen LogP contribution in [0, 0.1) is 6.92 Å². The first-order chi connectivity index (χ1) is 22.8. The number of carbonyl (C=O) groups excluding carboxylic acids is 2. The first-order valence-corrected chi connectivity index (χ1v) is 18.6. The minimum Gasteiger partial charge on any atom is -0.494 e. The molecule has 10 heteroatoms. The number of amides is 2. The molecule has 4 aromatic carbocycles. The lowest BCUT2D eigenvalue weighted by Gasteiger charge is -2.35. The average molecular weight is 688 g/mol. The molecule has 8 nitrogen and oxygen atoms in total. The number of nitrogens with zero attached hydrogens (tertiary/aromatic N) is 2. The zero-order valence-corrected chi connectivity index (χ0v) is 30.1. The van der Waals surface area contributed by atoms with Crippen molar-refractivity contribution in [3.05, 3.63) is 120 Å². The number of nitrogens with one attached hydrogen (secondary N) is 1. The topological polar surface area (TPSA) is 96.0 Å². The number of thioether (sulfide) groups is 1. The maximum atomic E-state index is 14.7. The van der Waals surface area contributed by atoms with E-state index in [2.05, 4.69) is 5.32 Å². The van der Waals surface area contributed by atoms with Crippen LogP contribution in [0.25, 0.3) is 0 Å². The SMILES string of the molecule is CCOc1ccc(N(CC(=O)N(Cc2cccc(C)c2)C(Cc2ccccc2)C(=O)NC(C)(C)C)S(=O)(=O)c2ccc(SC)cc2)cc1. The summed E-state index contributed by atoms with van der Waals surface area (Å²) in [6, 6.07) is 29.5. The van der Waals surface area contributed by atoms with E-state index in [-0.39, 0.29) is 23.8 Å². The van der Waals surface area contributed by atoms with E-state index in [1.807, 2.05) is 95.5 Å². The molecule has 0 saturated heterocycles. The molecule has 4 aromatic rings. The van der Waals surface area contributed by atoms with E-state index < -0.39 is 34.1 Å². The molecule has 0 bridgehead atoms. The van der Waals surface area contributed by atoms with Crippen molar-refractivity contribution in [2.24, 2.45) is 0 Å². The summed E-state index contributed by atoms with van der Waals surface area (Å²) >= 11 is 1.50. The summed E-state index contributed by atoms with van der Waals surface area (Å²) in [5.41, 5.74) is 2.44. The molecule has 1 unspecified atom stereocenters. The molecule has 0 saturated carbocycles. The van der Waals surface area contributed by atoms with Crippen molar-refractivity contribution in [3.8, 4) is 5.75 Å². The van der Waals surface area contributed by atoms with Gasteiger partial charge in [-0.25, -0.2) is 8.42 Å². The molecule has 0 aliphatic rings. The fourth-order valence-electron chi connectivity index (χ4n) is 5.29. The molecule has 48 heavy (non-hydrogen) atoms. The fourth-order valence-corrected chi connectivity index (χ4v) is 7.12. The highest BCUT2D eigenvalue weighted by atomic mass is 32.2. The quantitative estimate of drug-likeness (QED) is 0.146. The monoisotopic (exact) mass is 687 g/mol. The first-order valence-electron chi connectivity index (χ1n) is 15.9. The lowest BCUT2D eigenvalue weighted by atomic mass is 10.0. The average Bonchev–Trinajstić information content (AvgIpc) is 3.05. The van der Waals surface area contributed by atoms with Crippen LogP contribution in [0.3, 0.4) is 0 Å². The Morgan fingerprint density at radius 3 is 2.10 bits per heavy atom. The van der Waals surface area contributed by atoms with E-state index in [9.17, 15) is 18.0 Å². The van der Waals surface area contributed by atoms with Gasteiger partial charge in [0, 0.05) is 23.4 Å². The van der Waals surface area contributed by atoms with Crippen molar-refractivity contribution in [2.75, 3.05) is 23.7 Å². The normalized spacial score (nSPS) is 12.2. The Labute approximate surface area is 289 Å². The number of anilines is 1. The van der Waals surface area contributed by atoms with Gasteiger partial charge in [-0.2, -0.15) is 0 Å². The van der Waals surface area contributed by atoms with Gasteiger partial charge in [-0.3, -0.25) is 13.9 Å². The third-order valence-electron chi connectivity index (χ3n) is 7.57. The van der Waals surface area contributed by atoms with Gasteiger partial charge >= 0.3 is 0 Å². The number of hydrogen-bond acceptors (Lipinski definition) is 6. The molecule has 254 valence electrons. The van der Waals surface area contributed by atoms with Gasteiger partial charge < -0.3 is 15.0 Å². The van der Waals surface area contributed by atoms with Crippen LogP contribution in [0.4, 0.5) is 5.69 Å². The van der Waals surface area contributed by atoms with Gasteiger partial charge in [0.05, 0.1) is 17.2 Å². The zero-order valence-electron chi connectivity index (χ0n) is 28.5. The largest absolute Gasteiger partial charge is 0.494 e. The third-order valence-corrected chi connectivity index (χ3v) is 10.1. The van der Waals surface area contributed by atoms with Crippen molar-refractivity contribution in [2.45, 2.75) is 69.0 Å². The van der Waals surface area contributed by atoms with Crippen molar-refractivity contribution < 1.29 is 22.7 Å². The minimum absolute atomic E-state index is 0.0542.